The number of aromatic nitrogens is 2. The van der Waals surface area contributed by atoms with Gasteiger partial charge >= 0.3 is 0 Å². The van der Waals surface area contributed by atoms with Crippen molar-refractivity contribution in [3.05, 3.63) is 70.5 Å². The van der Waals surface area contributed by atoms with Crippen LogP contribution in [0.5, 0.6) is 0 Å². The summed E-state index contributed by atoms with van der Waals surface area (Å²) in [7, 11) is 1.53. The lowest BCUT2D eigenvalue weighted by Crippen LogP contribution is -2.59. The van der Waals surface area contributed by atoms with Crippen molar-refractivity contribution in [3.63, 3.8) is 0 Å². The van der Waals surface area contributed by atoms with E-state index in [0.29, 0.717) is 25.5 Å². The van der Waals surface area contributed by atoms with Gasteiger partial charge in [-0.25, -0.2) is 9.97 Å². The first kappa shape index (κ1) is 22.9. The SMILES string of the molecule is COC[C@H]1C(=O)N(Cc2ccc3c(N)ncnc3c2)CCN1C(=O)C=Cc1ccc(Br)cc1. The number of ether oxygens (including phenoxy) is 1. The van der Waals surface area contributed by atoms with Gasteiger partial charge in [-0.1, -0.05) is 34.1 Å². The molecule has 1 atom stereocenters. The summed E-state index contributed by atoms with van der Waals surface area (Å²) in [5.74, 6) is 0.0627. The summed E-state index contributed by atoms with van der Waals surface area (Å²) in [6.07, 6.45) is 4.67. The predicted molar refractivity (Wildman–Crippen MR) is 130 cm³/mol. The van der Waals surface area contributed by atoms with Gasteiger partial charge in [-0.05, 0) is 41.5 Å². The van der Waals surface area contributed by atoms with E-state index in [9.17, 15) is 9.59 Å². The van der Waals surface area contributed by atoms with Crippen LogP contribution in [0.15, 0.2) is 59.3 Å². The van der Waals surface area contributed by atoms with E-state index in [2.05, 4.69) is 25.9 Å². The van der Waals surface area contributed by atoms with Crippen molar-refractivity contribution in [1.29, 1.82) is 0 Å². The quantitative estimate of drug-likeness (QED) is 0.512. The Hall–Kier alpha value is -3.30. The largest absolute Gasteiger partial charge is 0.383 e. The molecular formula is C24H24BrN5O3. The number of benzene rings is 2. The van der Waals surface area contributed by atoms with E-state index in [0.717, 1.165) is 26.5 Å². The lowest BCUT2D eigenvalue weighted by Gasteiger charge is -2.40. The van der Waals surface area contributed by atoms with Gasteiger partial charge in [0.15, 0.2) is 0 Å². The van der Waals surface area contributed by atoms with Gasteiger partial charge in [0.25, 0.3) is 0 Å². The summed E-state index contributed by atoms with van der Waals surface area (Å²) in [4.78, 5) is 37.7. The average Bonchev–Trinajstić information content (AvgIpc) is 2.81. The summed E-state index contributed by atoms with van der Waals surface area (Å²) in [5.41, 5.74) is 8.46. The van der Waals surface area contributed by atoms with Gasteiger partial charge in [0, 0.05) is 42.7 Å². The fourth-order valence-electron chi connectivity index (χ4n) is 3.86. The highest BCUT2D eigenvalue weighted by atomic mass is 79.9. The van der Waals surface area contributed by atoms with E-state index in [-0.39, 0.29) is 18.4 Å². The average molecular weight is 510 g/mol. The number of hydrogen-bond acceptors (Lipinski definition) is 6. The number of carbonyl (C=O) groups is 2. The van der Waals surface area contributed by atoms with Gasteiger partial charge in [0.1, 0.15) is 18.2 Å². The molecule has 8 nitrogen and oxygen atoms in total. The van der Waals surface area contributed by atoms with Crippen LogP contribution in [0.1, 0.15) is 11.1 Å². The van der Waals surface area contributed by atoms with E-state index < -0.39 is 6.04 Å². The second kappa shape index (κ2) is 10.1. The van der Waals surface area contributed by atoms with Gasteiger partial charge in [-0.2, -0.15) is 0 Å². The number of anilines is 1. The zero-order chi connectivity index (χ0) is 23.4. The molecule has 2 aromatic carbocycles. The van der Waals surface area contributed by atoms with Crippen molar-refractivity contribution in [2.45, 2.75) is 12.6 Å². The minimum absolute atomic E-state index is 0.134. The van der Waals surface area contributed by atoms with Crippen molar-refractivity contribution in [2.75, 3.05) is 32.5 Å². The monoisotopic (exact) mass is 509 g/mol. The molecule has 1 aliphatic heterocycles. The minimum atomic E-state index is -0.677. The van der Waals surface area contributed by atoms with E-state index in [1.54, 1.807) is 15.9 Å². The van der Waals surface area contributed by atoms with Gasteiger partial charge in [-0.15, -0.1) is 0 Å². The Morgan fingerprint density at radius 1 is 1.21 bits per heavy atom. The molecule has 3 aromatic rings. The number of amides is 2. The number of hydrogen-bond donors (Lipinski definition) is 1. The van der Waals surface area contributed by atoms with Gasteiger partial charge < -0.3 is 20.3 Å². The Labute approximate surface area is 200 Å². The van der Waals surface area contributed by atoms with Gasteiger partial charge in [0.05, 0.1) is 12.1 Å². The van der Waals surface area contributed by atoms with Crippen molar-refractivity contribution in [1.82, 2.24) is 19.8 Å². The smallest absolute Gasteiger partial charge is 0.248 e. The predicted octanol–water partition coefficient (Wildman–Crippen LogP) is 2.87. The second-order valence-electron chi connectivity index (χ2n) is 7.76. The van der Waals surface area contributed by atoms with E-state index >= 15 is 0 Å². The van der Waals surface area contributed by atoms with Crippen LogP contribution in [0.2, 0.25) is 0 Å². The molecule has 1 aliphatic rings. The molecule has 1 saturated heterocycles. The van der Waals surface area contributed by atoms with Crippen LogP contribution in [-0.4, -0.2) is 64.4 Å². The maximum atomic E-state index is 13.2. The molecule has 2 heterocycles. The molecule has 0 bridgehead atoms. The highest BCUT2D eigenvalue weighted by Crippen LogP contribution is 2.21. The molecule has 1 fully saturated rings. The van der Waals surface area contributed by atoms with E-state index in [1.165, 1.54) is 19.5 Å². The van der Waals surface area contributed by atoms with Crippen molar-refractivity contribution >= 4 is 50.5 Å². The molecule has 0 spiro atoms. The maximum absolute atomic E-state index is 13.2. The molecular weight excluding hydrogens is 486 g/mol. The Balaban J connectivity index is 1.48. The van der Waals surface area contributed by atoms with Crippen LogP contribution in [0.25, 0.3) is 17.0 Å². The Morgan fingerprint density at radius 2 is 2.00 bits per heavy atom. The fourth-order valence-corrected chi connectivity index (χ4v) is 4.12. The summed E-state index contributed by atoms with van der Waals surface area (Å²) in [5, 5.41) is 0.776. The molecule has 33 heavy (non-hydrogen) atoms. The topological polar surface area (TPSA) is 102 Å². The zero-order valence-electron chi connectivity index (χ0n) is 18.1. The standard InChI is InChI=1S/C24H24BrN5O3/c1-33-14-21-24(32)29(13-17-4-8-19-20(12-17)27-15-28-23(19)26)10-11-30(21)22(31)9-5-16-2-6-18(25)7-3-16/h2-9,12,15,21H,10-11,13-14H2,1H3,(H2,26,27,28)/t21-/m0/s1. The number of nitrogens with two attached hydrogens (primary N) is 1. The fraction of sp³-hybridized carbons (Fsp3) is 0.250. The second-order valence-corrected chi connectivity index (χ2v) is 8.67. The molecule has 0 aliphatic carbocycles. The summed E-state index contributed by atoms with van der Waals surface area (Å²) in [6, 6.07) is 12.6. The third kappa shape index (κ3) is 5.20. The summed E-state index contributed by atoms with van der Waals surface area (Å²) >= 11 is 3.40. The van der Waals surface area contributed by atoms with E-state index in [1.807, 2.05) is 42.5 Å². The number of piperazine rings is 1. The summed E-state index contributed by atoms with van der Waals surface area (Å²) < 4.78 is 6.24. The first-order valence-corrected chi connectivity index (χ1v) is 11.3. The van der Waals surface area contributed by atoms with Crippen LogP contribution >= 0.6 is 15.9 Å². The summed E-state index contributed by atoms with van der Waals surface area (Å²) in [6.45, 7) is 1.40. The molecule has 9 heteroatoms. The van der Waals surface area contributed by atoms with Crippen LogP contribution < -0.4 is 5.73 Å². The first-order valence-electron chi connectivity index (χ1n) is 10.5. The Kier molecular flexibility index (Phi) is 7.00. The molecule has 2 amide bonds. The molecule has 0 saturated carbocycles. The Morgan fingerprint density at radius 3 is 2.76 bits per heavy atom. The third-order valence-electron chi connectivity index (χ3n) is 5.58. The molecule has 1 aromatic heterocycles. The molecule has 4 rings (SSSR count). The minimum Gasteiger partial charge on any atom is -0.383 e. The number of halogens is 1. The number of methoxy groups -OCH3 is 1. The molecule has 0 radical (unpaired) electrons. The number of rotatable bonds is 6. The van der Waals surface area contributed by atoms with Crippen molar-refractivity contribution in [3.8, 4) is 0 Å². The Bertz CT molecular complexity index is 1200. The van der Waals surface area contributed by atoms with Gasteiger partial charge in [0.2, 0.25) is 11.8 Å². The normalized spacial score (nSPS) is 16.7. The zero-order valence-corrected chi connectivity index (χ0v) is 19.7. The third-order valence-corrected chi connectivity index (χ3v) is 6.11. The number of fused-ring (bicyclic) bond motifs is 1. The lowest BCUT2D eigenvalue weighted by molar-refractivity contribution is -0.152. The number of nitrogen functional groups attached to an aromatic ring is 1. The van der Waals surface area contributed by atoms with Crippen LogP contribution in [-0.2, 0) is 20.9 Å². The van der Waals surface area contributed by atoms with Crippen molar-refractivity contribution in [2.24, 2.45) is 0 Å². The lowest BCUT2D eigenvalue weighted by atomic mass is 10.1. The van der Waals surface area contributed by atoms with E-state index in [4.69, 9.17) is 10.5 Å². The van der Waals surface area contributed by atoms with Gasteiger partial charge in [-0.3, -0.25) is 9.59 Å². The van der Waals surface area contributed by atoms with Crippen LogP contribution in [0.4, 0.5) is 5.82 Å². The van der Waals surface area contributed by atoms with Crippen LogP contribution in [0, 0.1) is 0 Å². The molecule has 2 N–H and O–H groups in total. The highest BCUT2D eigenvalue weighted by molar-refractivity contribution is 9.10. The highest BCUT2D eigenvalue weighted by Gasteiger charge is 2.36. The number of carbonyl (C=O) groups excluding carboxylic acids is 2. The molecule has 0 unspecified atom stereocenters. The molecule has 170 valence electrons. The van der Waals surface area contributed by atoms with Crippen LogP contribution in [0.3, 0.4) is 0 Å². The first-order chi connectivity index (χ1) is 16.0. The van der Waals surface area contributed by atoms with Crippen molar-refractivity contribution < 1.29 is 14.3 Å². The number of nitrogens with zero attached hydrogens (tertiary/aromatic N) is 4. The maximum Gasteiger partial charge on any atom is 0.248 e.